The van der Waals surface area contributed by atoms with Crippen LogP contribution in [0.4, 0.5) is 0 Å². The van der Waals surface area contributed by atoms with Crippen LogP contribution < -0.4 is 0 Å². The van der Waals surface area contributed by atoms with Crippen LogP contribution in [0.3, 0.4) is 0 Å². The minimum atomic E-state index is 1.49. The van der Waals surface area contributed by atoms with E-state index in [4.69, 9.17) is 0 Å². The van der Waals surface area contributed by atoms with E-state index in [1.807, 2.05) is 15.9 Å². The second-order valence-electron chi connectivity index (χ2n) is 0.986. The molecular formula is C3H5AsN2. The van der Waals surface area contributed by atoms with E-state index in [0.29, 0.717) is 0 Å². The Morgan fingerprint density at radius 1 is 1.67 bits per heavy atom. The molecule has 0 saturated heterocycles. The van der Waals surface area contributed by atoms with Gasteiger partial charge in [0.2, 0.25) is 0 Å². The van der Waals surface area contributed by atoms with Gasteiger partial charge in [0.1, 0.15) is 0 Å². The third-order valence-electron chi connectivity index (χ3n) is 0.525. The Morgan fingerprint density at radius 3 is 2.67 bits per heavy atom. The second-order valence-corrected chi connectivity index (χ2v) is 2.10. The van der Waals surface area contributed by atoms with Gasteiger partial charge in [-0.1, -0.05) is 0 Å². The number of hydrogen-bond donors (Lipinski definition) is 0. The predicted molar refractivity (Wildman–Crippen MR) is 26.2 cm³/mol. The first kappa shape index (κ1) is 3.94. The average molecular weight is 144 g/mol. The third-order valence-corrected chi connectivity index (χ3v) is 1.17. The fourth-order valence-corrected chi connectivity index (χ4v) is 0.651. The quantitative estimate of drug-likeness (QED) is 0.439. The van der Waals surface area contributed by atoms with Crippen LogP contribution in [0.15, 0.2) is 18.5 Å². The summed E-state index contributed by atoms with van der Waals surface area (Å²) in [7, 11) is 0. The van der Waals surface area contributed by atoms with Gasteiger partial charge in [0.25, 0.3) is 0 Å². The van der Waals surface area contributed by atoms with Crippen LogP contribution in [0.25, 0.3) is 0 Å². The van der Waals surface area contributed by atoms with Crippen LogP contribution >= 0.6 is 0 Å². The van der Waals surface area contributed by atoms with Gasteiger partial charge in [0.15, 0.2) is 0 Å². The number of rotatable bonds is 0. The summed E-state index contributed by atoms with van der Waals surface area (Å²) < 4.78 is 1.81. The van der Waals surface area contributed by atoms with E-state index in [1.165, 1.54) is 17.1 Å². The summed E-state index contributed by atoms with van der Waals surface area (Å²) in [6.45, 7) is 0. The summed E-state index contributed by atoms with van der Waals surface area (Å²) in [4.78, 5) is 0. The Balaban J connectivity index is 3.05. The Hall–Kier alpha value is -0.232. The molecule has 0 N–H and O–H groups in total. The SMILES string of the molecule is [AsH2]n1cccn1. The van der Waals surface area contributed by atoms with E-state index in [9.17, 15) is 0 Å². The molecule has 1 heterocycles. The molecule has 1 rings (SSSR count). The van der Waals surface area contributed by atoms with Crippen molar-refractivity contribution in [3.8, 4) is 0 Å². The van der Waals surface area contributed by atoms with Gasteiger partial charge in [-0.15, -0.1) is 0 Å². The molecule has 0 aromatic carbocycles. The molecule has 0 radical (unpaired) electrons. The molecule has 3 heteroatoms. The monoisotopic (exact) mass is 144 g/mol. The van der Waals surface area contributed by atoms with E-state index < -0.39 is 0 Å². The molecule has 0 aliphatic rings. The zero-order chi connectivity index (χ0) is 4.41. The summed E-state index contributed by atoms with van der Waals surface area (Å²) in [6.07, 6.45) is 3.68. The fourth-order valence-electron chi connectivity index (χ4n) is 0.281. The molecule has 1 aromatic rings. The standard InChI is InChI=1S/C3H5AsN2/c4-6-3-1-2-5-6/h1-3H,4H2. The Kier molecular flexibility index (Phi) is 0.971. The fraction of sp³-hybridized carbons (Fsp3) is 0. The van der Waals surface area contributed by atoms with Gasteiger partial charge in [0.05, 0.1) is 0 Å². The van der Waals surface area contributed by atoms with Crippen LogP contribution in [-0.2, 0) is 0 Å². The van der Waals surface area contributed by atoms with Crippen molar-refractivity contribution < 1.29 is 0 Å². The van der Waals surface area contributed by atoms with Gasteiger partial charge < -0.3 is 0 Å². The van der Waals surface area contributed by atoms with Crippen molar-refractivity contribution in [3.05, 3.63) is 18.5 Å². The number of hydrogen-bond acceptors (Lipinski definition) is 1. The van der Waals surface area contributed by atoms with E-state index in [-0.39, 0.29) is 0 Å². The van der Waals surface area contributed by atoms with Crippen molar-refractivity contribution in [2.24, 2.45) is 0 Å². The van der Waals surface area contributed by atoms with E-state index in [0.717, 1.165) is 0 Å². The molecular weight excluding hydrogens is 139 g/mol. The van der Waals surface area contributed by atoms with Crippen molar-refractivity contribution in [2.75, 3.05) is 0 Å². The van der Waals surface area contributed by atoms with E-state index in [1.54, 1.807) is 6.20 Å². The zero-order valence-electron chi connectivity index (χ0n) is 3.20. The molecule has 0 fully saturated rings. The third kappa shape index (κ3) is 0.630. The first-order valence-corrected chi connectivity index (χ1v) is 2.72. The summed E-state index contributed by atoms with van der Waals surface area (Å²) >= 11 is 1.49. The predicted octanol–water partition coefficient (Wildman–Crippen LogP) is -0.721. The maximum atomic E-state index is 3.86. The van der Waals surface area contributed by atoms with Crippen LogP contribution in [0.2, 0.25) is 0 Å². The first-order chi connectivity index (χ1) is 2.89. The number of nitrogens with zero attached hydrogens (tertiary/aromatic N) is 2. The van der Waals surface area contributed by atoms with Crippen LogP contribution in [0, 0.1) is 0 Å². The van der Waals surface area contributed by atoms with Crippen LogP contribution in [0.1, 0.15) is 0 Å². The Morgan fingerprint density at radius 2 is 2.50 bits per heavy atom. The molecule has 1 atom stereocenters. The zero-order valence-corrected chi connectivity index (χ0v) is 5.63. The molecule has 0 amide bonds. The molecule has 0 aliphatic carbocycles. The molecule has 0 bridgehead atoms. The molecule has 6 heavy (non-hydrogen) atoms. The summed E-state index contributed by atoms with van der Waals surface area (Å²) in [5.41, 5.74) is 0. The van der Waals surface area contributed by atoms with Gasteiger partial charge >= 0.3 is 44.2 Å². The Labute approximate surface area is 44.9 Å². The summed E-state index contributed by atoms with van der Waals surface area (Å²) in [5, 5.41) is 3.86. The van der Waals surface area contributed by atoms with Crippen molar-refractivity contribution in [1.29, 1.82) is 0 Å². The van der Waals surface area contributed by atoms with Crippen LogP contribution in [0.5, 0.6) is 0 Å². The molecule has 1 unspecified atom stereocenters. The first-order valence-electron chi connectivity index (χ1n) is 1.64. The molecule has 2 nitrogen and oxygen atoms in total. The Bertz CT molecular complexity index is 112. The van der Waals surface area contributed by atoms with Gasteiger partial charge in [-0.25, -0.2) is 0 Å². The van der Waals surface area contributed by atoms with Gasteiger partial charge in [-0.05, 0) is 0 Å². The van der Waals surface area contributed by atoms with Crippen molar-refractivity contribution >= 4 is 17.1 Å². The van der Waals surface area contributed by atoms with Gasteiger partial charge in [0, 0.05) is 0 Å². The van der Waals surface area contributed by atoms with Crippen molar-refractivity contribution in [2.45, 2.75) is 0 Å². The van der Waals surface area contributed by atoms with E-state index >= 15 is 0 Å². The normalized spacial score (nSPS) is 8.83. The minimum absolute atomic E-state index is 1.49. The molecule has 0 aliphatic heterocycles. The molecule has 1 aromatic heterocycles. The molecule has 0 spiro atoms. The average Bonchev–Trinajstić information content (AvgIpc) is 1.86. The van der Waals surface area contributed by atoms with Gasteiger partial charge in [-0.3, -0.25) is 0 Å². The van der Waals surface area contributed by atoms with Crippen molar-refractivity contribution in [3.63, 3.8) is 0 Å². The summed E-state index contributed by atoms with van der Waals surface area (Å²) in [5.74, 6) is 0. The van der Waals surface area contributed by atoms with E-state index in [2.05, 4.69) is 5.10 Å². The molecule has 32 valence electrons. The van der Waals surface area contributed by atoms with Gasteiger partial charge in [-0.2, -0.15) is 0 Å². The van der Waals surface area contributed by atoms with Crippen molar-refractivity contribution in [1.82, 2.24) is 8.70 Å². The summed E-state index contributed by atoms with van der Waals surface area (Å²) in [6, 6.07) is 1.90. The topological polar surface area (TPSA) is 17.8 Å². The second kappa shape index (κ2) is 1.48. The van der Waals surface area contributed by atoms with Crippen LogP contribution in [-0.4, -0.2) is 25.8 Å². The maximum absolute atomic E-state index is 3.86. The molecule has 0 saturated carbocycles. The number of aromatic nitrogens is 2.